The molecule has 0 bridgehead atoms. The van der Waals surface area contributed by atoms with Crippen LogP contribution in [0.5, 0.6) is 0 Å². The molecule has 4 nitrogen and oxygen atoms in total. The zero-order valence-electron chi connectivity index (χ0n) is 8.84. The van der Waals surface area contributed by atoms with Crippen LogP contribution in [0.15, 0.2) is 21.5 Å². The fourth-order valence-corrected chi connectivity index (χ4v) is 1.92. The predicted octanol–water partition coefficient (Wildman–Crippen LogP) is 2.24. The Morgan fingerprint density at radius 3 is 2.73 bits per heavy atom. The van der Waals surface area contributed by atoms with Gasteiger partial charge in [0.15, 0.2) is 5.65 Å². The molecule has 2 aromatic heterocycles. The summed E-state index contributed by atoms with van der Waals surface area (Å²) in [6, 6.07) is 1.85. The van der Waals surface area contributed by atoms with Crippen LogP contribution in [0.25, 0.3) is 11.2 Å². The smallest absolute Gasteiger partial charge is 0.304 e. The average Bonchev–Trinajstić information content (AvgIpc) is 2.38. The first-order valence-electron chi connectivity index (χ1n) is 4.66. The second kappa shape index (κ2) is 3.20. The number of rotatable bonds is 0. The van der Waals surface area contributed by atoms with Gasteiger partial charge in [0, 0.05) is 16.2 Å². The second-order valence-corrected chi connectivity index (χ2v) is 5.38. The Labute approximate surface area is 95.5 Å². The Bertz CT molecular complexity index is 562. The summed E-state index contributed by atoms with van der Waals surface area (Å²) < 4.78 is 2.52. The fraction of sp³-hybridized carbons (Fsp3) is 0.400. The van der Waals surface area contributed by atoms with E-state index in [9.17, 15) is 4.79 Å². The zero-order chi connectivity index (χ0) is 11.2. The van der Waals surface area contributed by atoms with E-state index in [2.05, 4.69) is 25.9 Å². The molecule has 0 radical (unpaired) electrons. The van der Waals surface area contributed by atoms with E-state index in [0.29, 0.717) is 5.65 Å². The first kappa shape index (κ1) is 10.4. The maximum atomic E-state index is 11.7. The number of aromatic nitrogens is 3. The molecule has 0 unspecified atom stereocenters. The largest absolute Gasteiger partial charge is 0.328 e. The van der Waals surface area contributed by atoms with Gasteiger partial charge in [-0.2, -0.15) is 0 Å². The van der Waals surface area contributed by atoms with Crippen molar-refractivity contribution >= 4 is 27.1 Å². The summed E-state index contributed by atoms with van der Waals surface area (Å²) in [7, 11) is 0. The van der Waals surface area contributed by atoms with Crippen LogP contribution in [0.1, 0.15) is 20.8 Å². The number of nitrogens with one attached hydrogen (secondary N) is 1. The molecule has 5 heteroatoms. The van der Waals surface area contributed by atoms with Gasteiger partial charge in [-0.1, -0.05) is 0 Å². The molecule has 0 aliphatic rings. The van der Waals surface area contributed by atoms with Crippen LogP contribution >= 0.6 is 15.9 Å². The van der Waals surface area contributed by atoms with Gasteiger partial charge in [-0.05, 0) is 42.8 Å². The number of pyridine rings is 1. The molecule has 0 fully saturated rings. The summed E-state index contributed by atoms with van der Waals surface area (Å²) in [6.07, 6.45) is 1.69. The van der Waals surface area contributed by atoms with Crippen molar-refractivity contribution in [2.24, 2.45) is 0 Å². The number of hydrogen-bond donors (Lipinski definition) is 1. The molecule has 0 saturated heterocycles. The van der Waals surface area contributed by atoms with E-state index >= 15 is 0 Å². The lowest BCUT2D eigenvalue weighted by atomic mass is 10.1. The summed E-state index contributed by atoms with van der Waals surface area (Å²) in [4.78, 5) is 18.8. The van der Waals surface area contributed by atoms with Gasteiger partial charge in [-0.25, -0.2) is 9.78 Å². The van der Waals surface area contributed by atoms with Gasteiger partial charge in [0.2, 0.25) is 0 Å². The summed E-state index contributed by atoms with van der Waals surface area (Å²) in [5.74, 6) is 0. The van der Waals surface area contributed by atoms with Crippen molar-refractivity contribution < 1.29 is 0 Å². The van der Waals surface area contributed by atoms with Crippen molar-refractivity contribution in [3.63, 3.8) is 0 Å². The van der Waals surface area contributed by atoms with Crippen molar-refractivity contribution in [1.29, 1.82) is 0 Å². The van der Waals surface area contributed by atoms with Gasteiger partial charge >= 0.3 is 5.69 Å². The third-order valence-electron chi connectivity index (χ3n) is 2.16. The minimum Gasteiger partial charge on any atom is -0.304 e. The number of imidazole rings is 1. The second-order valence-electron chi connectivity index (χ2n) is 4.46. The third-order valence-corrected chi connectivity index (χ3v) is 2.59. The van der Waals surface area contributed by atoms with Crippen LogP contribution in [0, 0.1) is 0 Å². The highest BCUT2D eigenvalue weighted by Gasteiger charge is 2.20. The van der Waals surface area contributed by atoms with Gasteiger partial charge in [0.05, 0.1) is 5.52 Å². The summed E-state index contributed by atoms with van der Waals surface area (Å²) in [6.45, 7) is 5.93. The lowest BCUT2D eigenvalue weighted by Crippen LogP contribution is -2.32. The Hall–Kier alpha value is -1.10. The minimum absolute atomic E-state index is 0.122. The molecule has 0 amide bonds. The maximum Gasteiger partial charge on any atom is 0.328 e. The van der Waals surface area contributed by atoms with E-state index in [1.165, 1.54) is 0 Å². The van der Waals surface area contributed by atoms with E-state index in [1.54, 1.807) is 10.8 Å². The van der Waals surface area contributed by atoms with E-state index in [1.807, 2.05) is 26.8 Å². The first-order valence-corrected chi connectivity index (χ1v) is 5.45. The number of aromatic amines is 1. The average molecular weight is 270 g/mol. The molecule has 0 saturated carbocycles. The van der Waals surface area contributed by atoms with Gasteiger partial charge in [-0.3, -0.25) is 4.57 Å². The number of fused-ring (bicyclic) bond motifs is 1. The molecule has 0 aliphatic carbocycles. The molecule has 0 aliphatic heterocycles. The molecule has 0 atom stereocenters. The molecule has 2 rings (SSSR count). The van der Waals surface area contributed by atoms with Crippen LogP contribution < -0.4 is 5.69 Å². The van der Waals surface area contributed by atoms with Crippen molar-refractivity contribution in [2.75, 3.05) is 0 Å². The summed E-state index contributed by atoms with van der Waals surface area (Å²) in [5, 5.41) is 0. The van der Waals surface area contributed by atoms with E-state index in [4.69, 9.17) is 0 Å². The molecule has 80 valence electrons. The fourth-order valence-electron chi connectivity index (χ4n) is 1.59. The molecule has 0 spiro atoms. The van der Waals surface area contributed by atoms with Crippen LogP contribution in [-0.4, -0.2) is 14.5 Å². The number of H-pyrrole nitrogens is 1. The molecule has 1 N–H and O–H groups in total. The standard InChI is InChI=1S/C10H12BrN3O/c1-10(2,3)14-8-7(13-9(14)15)4-6(11)5-12-8/h4-5H,1-3H3,(H,13,15). The van der Waals surface area contributed by atoms with Crippen LogP contribution in [-0.2, 0) is 5.54 Å². The monoisotopic (exact) mass is 269 g/mol. The number of halogens is 1. The molecular formula is C10H12BrN3O. The topological polar surface area (TPSA) is 50.7 Å². The van der Waals surface area contributed by atoms with Crippen molar-refractivity contribution in [3.8, 4) is 0 Å². The summed E-state index contributed by atoms with van der Waals surface area (Å²) in [5.41, 5.74) is 1.05. The van der Waals surface area contributed by atoms with E-state index in [-0.39, 0.29) is 11.2 Å². The van der Waals surface area contributed by atoms with E-state index < -0.39 is 0 Å². The third kappa shape index (κ3) is 1.71. The molecule has 15 heavy (non-hydrogen) atoms. The molecular weight excluding hydrogens is 258 g/mol. The highest BCUT2D eigenvalue weighted by molar-refractivity contribution is 9.10. The van der Waals surface area contributed by atoms with Crippen molar-refractivity contribution in [2.45, 2.75) is 26.3 Å². The Morgan fingerprint density at radius 2 is 2.13 bits per heavy atom. The SMILES string of the molecule is CC(C)(C)n1c(=O)[nH]c2cc(Br)cnc21. The van der Waals surface area contributed by atoms with E-state index in [0.717, 1.165) is 9.99 Å². The van der Waals surface area contributed by atoms with Crippen LogP contribution in [0.3, 0.4) is 0 Å². The molecule has 2 aromatic rings. The zero-order valence-corrected chi connectivity index (χ0v) is 10.4. The van der Waals surface area contributed by atoms with Crippen LogP contribution in [0.2, 0.25) is 0 Å². The van der Waals surface area contributed by atoms with Gasteiger partial charge in [0.25, 0.3) is 0 Å². The summed E-state index contributed by atoms with van der Waals surface area (Å²) >= 11 is 3.32. The lowest BCUT2D eigenvalue weighted by molar-refractivity contribution is 0.395. The molecule has 0 aromatic carbocycles. The predicted molar refractivity (Wildman–Crippen MR) is 63.0 cm³/mol. The van der Waals surface area contributed by atoms with Gasteiger partial charge < -0.3 is 4.98 Å². The number of nitrogens with zero attached hydrogens (tertiary/aromatic N) is 2. The Kier molecular flexibility index (Phi) is 2.22. The van der Waals surface area contributed by atoms with Crippen molar-refractivity contribution in [3.05, 3.63) is 27.2 Å². The Morgan fingerprint density at radius 1 is 1.47 bits per heavy atom. The first-order chi connectivity index (χ1) is 6.89. The van der Waals surface area contributed by atoms with Crippen molar-refractivity contribution in [1.82, 2.24) is 14.5 Å². The highest BCUT2D eigenvalue weighted by Crippen LogP contribution is 2.19. The minimum atomic E-state index is -0.268. The number of hydrogen-bond acceptors (Lipinski definition) is 2. The molecule has 2 heterocycles. The highest BCUT2D eigenvalue weighted by atomic mass is 79.9. The van der Waals surface area contributed by atoms with Gasteiger partial charge in [0.1, 0.15) is 0 Å². The van der Waals surface area contributed by atoms with Gasteiger partial charge in [-0.15, -0.1) is 0 Å². The Balaban J connectivity index is 2.86. The van der Waals surface area contributed by atoms with Crippen LogP contribution in [0.4, 0.5) is 0 Å². The normalized spacial score (nSPS) is 12.3. The maximum absolute atomic E-state index is 11.7. The lowest BCUT2D eigenvalue weighted by Gasteiger charge is -2.19. The quantitative estimate of drug-likeness (QED) is 0.798.